The molecule has 1 saturated heterocycles. The fraction of sp³-hybridized carbons (Fsp3) is 0.643. The second kappa shape index (κ2) is 4.20. The molecule has 1 aliphatic heterocycles. The van der Waals surface area contributed by atoms with Crippen LogP contribution in [0.5, 0.6) is 0 Å². The lowest BCUT2D eigenvalue weighted by atomic mass is 9.83. The molecule has 0 unspecified atom stereocenters. The summed E-state index contributed by atoms with van der Waals surface area (Å²) in [6, 6.07) is 1.80. The quantitative estimate of drug-likeness (QED) is 0.848. The van der Waals surface area contributed by atoms with Crippen LogP contribution in [0, 0.1) is 0 Å². The fourth-order valence-electron chi connectivity index (χ4n) is 2.29. The van der Waals surface area contributed by atoms with E-state index in [0.29, 0.717) is 10.6 Å². The summed E-state index contributed by atoms with van der Waals surface area (Å²) in [5.74, 6) is 0. The van der Waals surface area contributed by atoms with Crippen LogP contribution in [0.2, 0.25) is 5.02 Å². The lowest BCUT2D eigenvalue weighted by Gasteiger charge is -2.32. The first-order chi connectivity index (χ1) is 9.15. The maximum absolute atomic E-state index is 10.3. The Labute approximate surface area is 124 Å². The van der Waals surface area contributed by atoms with E-state index in [9.17, 15) is 5.11 Å². The molecule has 3 rings (SSSR count). The van der Waals surface area contributed by atoms with Gasteiger partial charge in [-0.3, -0.25) is 4.98 Å². The third-order valence-electron chi connectivity index (χ3n) is 4.60. The summed E-state index contributed by atoms with van der Waals surface area (Å²) in [6.45, 7) is 7.99. The van der Waals surface area contributed by atoms with Gasteiger partial charge in [-0.1, -0.05) is 11.6 Å². The van der Waals surface area contributed by atoms with E-state index in [1.165, 1.54) is 0 Å². The Bertz CT molecular complexity index is 541. The molecule has 4 nitrogen and oxygen atoms in total. The number of rotatable bonds is 2. The molecule has 0 spiro atoms. The topological polar surface area (TPSA) is 51.6 Å². The van der Waals surface area contributed by atoms with Gasteiger partial charge in [0, 0.05) is 11.8 Å². The molecule has 2 aliphatic rings. The van der Waals surface area contributed by atoms with Crippen molar-refractivity contribution in [2.24, 2.45) is 0 Å². The summed E-state index contributed by atoms with van der Waals surface area (Å²) in [7, 11) is -0.529. The van der Waals surface area contributed by atoms with E-state index in [1.807, 2.05) is 27.7 Å². The zero-order valence-corrected chi connectivity index (χ0v) is 13.0. The van der Waals surface area contributed by atoms with Crippen molar-refractivity contribution >= 4 is 24.3 Å². The van der Waals surface area contributed by atoms with E-state index in [0.717, 1.165) is 18.4 Å². The number of halogens is 1. The second-order valence-electron chi connectivity index (χ2n) is 6.71. The summed E-state index contributed by atoms with van der Waals surface area (Å²) in [5.41, 5.74) is -0.230. The summed E-state index contributed by atoms with van der Waals surface area (Å²) in [6.07, 6.45) is 3.03. The Balaban J connectivity index is 1.93. The molecule has 6 heteroatoms. The SMILES string of the molecule is CC1(C)OB(c2cc(C3(O)CC3)c(Cl)cn2)OC1(C)C. The molecule has 0 radical (unpaired) electrons. The zero-order valence-electron chi connectivity index (χ0n) is 12.2. The van der Waals surface area contributed by atoms with Crippen molar-refractivity contribution in [3.63, 3.8) is 0 Å². The number of pyridine rings is 1. The van der Waals surface area contributed by atoms with Crippen LogP contribution in [0.4, 0.5) is 0 Å². The van der Waals surface area contributed by atoms with Crippen molar-refractivity contribution in [2.75, 3.05) is 0 Å². The fourth-order valence-corrected chi connectivity index (χ4v) is 2.57. The highest BCUT2D eigenvalue weighted by Crippen LogP contribution is 2.47. The molecule has 2 fully saturated rings. The predicted octanol–water partition coefficient (Wildman–Crippen LogP) is 2.02. The average Bonchev–Trinajstić information content (AvgIpc) is 3.02. The van der Waals surface area contributed by atoms with E-state index in [4.69, 9.17) is 20.9 Å². The molecule has 0 bridgehead atoms. The predicted molar refractivity (Wildman–Crippen MR) is 78.1 cm³/mol. The average molecular weight is 296 g/mol. The van der Waals surface area contributed by atoms with Crippen LogP contribution in [-0.2, 0) is 14.9 Å². The zero-order chi connectivity index (χ0) is 14.8. The number of hydrogen-bond acceptors (Lipinski definition) is 4. The van der Waals surface area contributed by atoms with E-state index in [1.54, 1.807) is 12.3 Å². The van der Waals surface area contributed by atoms with E-state index in [2.05, 4.69) is 4.98 Å². The van der Waals surface area contributed by atoms with Crippen LogP contribution in [-0.4, -0.2) is 28.4 Å². The second-order valence-corrected chi connectivity index (χ2v) is 7.12. The van der Waals surface area contributed by atoms with Crippen LogP contribution >= 0.6 is 11.6 Å². The van der Waals surface area contributed by atoms with Crippen molar-refractivity contribution in [1.82, 2.24) is 4.98 Å². The first-order valence-corrected chi connectivity index (χ1v) is 7.26. The third-order valence-corrected chi connectivity index (χ3v) is 4.90. The molecular weight excluding hydrogens is 276 g/mol. The Hall–Kier alpha value is -0.615. The molecule has 0 aromatic carbocycles. The summed E-state index contributed by atoms with van der Waals surface area (Å²) < 4.78 is 11.9. The van der Waals surface area contributed by atoms with Crippen LogP contribution in [0.15, 0.2) is 12.3 Å². The standard InChI is InChI=1S/C14H19BClNO3/c1-12(2)13(3,4)20-15(19-12)11-7-9(10(16)8-17-11)14(18)5-6-14/h7-8,18H,5-6H2,1-4H3. The lowest BCUT2D eigenvalue weighted by Crippen LogP contribution is -2.41. The van der Waals surface area contributed by atoms with Gasteiger partial charge >= 0.3 is 7.12 Å². The number of aromatic nitrogens is 1. The van der Waals surface area contributed by atoms with Gasteiger partial charge < -0.3 is 14.4 Å². The number of aliphatic hydroxyl groups is 1. The molecule has 1 saturated carbocycles. The van der Waals surface area contributed by atoms with Gasteiger partial charge in [0.1, 0.15) is 0 Å². The number of nitrogens with zero attached hydrogens (tertiary/aromatic N) is 1. The highest BCUT2D eigenvalue weighted by molar-refractivity contribution is 6.61. The van der Waals surface area contributed by atoms with E-state index in [-0.39, 0.29) is 0 Å². The summed E-state index contributed by atoms with van der Waals surface area (Å²) in [4.78, 5) is 4.30. The van der Waals surface area contributed by atoms with Crippen molar-refractivity contribution in [2.45, 2.75) is 57.3 Å². The van der Waals surface area contributed by atoms with Crippen molar-refractivity contribution < 1.29 is 14.4 Å². The molecule has 2 heterocycles. The Morgan fingerprint density at radius 1 is 1.20 bits per heavy atom. The lowest BCUT2D eigenvalue weighted by molar-refractivity contribution is 0.00578. The van der Waals surface area contributed by atoms with Gasteiger partial charge in [-0.2, -0.15) is 0 Å². The molecule has 0 amide bonds. The maximum atomic E-state index is 10.3. The number of hydrogen-bond donors (Lipinski definition) is 1. The van der Waals surface area contributed by atoms with Crippen LogP contribution < -0.4 is 5.59 Å². The summed E-state index contributed by atoms with van der Waals surface area (Å²) in [5, 5.41) is 10.8. The largest absolute Gasteiger partial charge is 0.514 e. The monoisotopic (exact) mass is 295 g/mol. The molecular formula is C14H19BClNO3. The molecule has 20 heavy (non-hydrogen) atoms. The minimum absolute atomic E-state index is 0.407. The van der Waals surface area contributed by atoms with E-state index >= 15 is 0 Å². The Kier molecular flexibility index (Phi) is 3.01. The molecule has 108 valence electrons. The highest BCUT2D eigenvalue weighted by Gasteiger charge is 2.53. The van der Waals surface area contributed by atoms with Crippen molar-refractivity contribution in [3.05, 3.63) is 22.8 Å². The molecule has 1 aromatic rings. The third kappa shape index (κ3) is 2.17. The van der Waals surface area contributed by atoms with Gasteiger partial charge in [0.15, 0.2) is 0 Å². The minimum atomic E-state index is -0.793. The molecule has 1 aromatic heterocycles. The van der Waals surface area contributed by atoms with Gasteiger partial charge in [0.25, 0.3) is 0 Å². The molecule has 1 aliphatic carbocycles. The van der Waals surface area contributed by atoms with Crippen LogP contribution in [0.1, 0.15) is 46.1 Å². The van der Waals surface area contributed by atoms with Gasteiger partial charge in [-0.25, -0.2) is 0 Å². The van der Waals surface area contributed by atoms with Crippen LogP contribution in [0.25, 0.3) is 0 Å². The first kappa shape index (κ1) is 14.3. The normalized spacial score (nSPS) is 25.8. The van der Waals surface area contributed by atoms with Crippen LogP contribution in [0.3, 0.4) is 0 Å². The first-order valence-electron chi connectivity index (χ1n) is 6.89. The van der Waals surface area contributed by atoms with E-state index < -0.39 is 23.9 Å². The Morgan fingerprint density at radius 2 is 1.75 bits per heavy atom. The van der Waals surface area contributed by atoms with Gasteiger partial charge in [0.05, 0.1) is 27.4 Å². The van der Waals surface area contributed by atoms with Crippen molar-refractivity contribution in [1.29, 1.82) is 0 Å². The van der Waals surface area contributed by atoms with Gasteiger partial charge in [-0.15, -0.1) is 0 Å². The smallest absolute Gasteiger partial charge is 0.398 e. The summed E-state index contributed by atoms with van der Waals surface area (Å²) >= 11 is 6.14. The van der Waals surface area contributed by atoms with Gasteiger partial charge in [-0.05, 0) is 46.6 Å². The van der Waals surface area contributed by atoms with Gasteiger partial charge in [0.2, 0.25) is 0 Å². The molecule has 0 atom stereocenters. The highest BCUT2D eigenvalue weighted by atomic mass is 35.5. The van der Waals surface area contributed by atoms with Crippen molar-refractivity contribution in [3.8, 4) is 0 Å². The maximum Gasteiger partial charge on any atom is 0.514 e. The minimum Gasteiger partial charge on any atom is -0.398 e. The Morgan fingerprint density at radius 3 is 2.25 bits per heavy atom. The molecule has 1 N–H and O–H groups in total.